The van der Waals surface area contributed by atoms with E-state index in [-0.39, 0.29) is 18.8 Å². The Morgan fingerprint density at radius 2 is 1.65 bits per heavy atom. The van der Waals surface area contributed by atoms with E-state index in [1.807, 2.05) is 60.7 Å². The van der Waals surface area contributed by atoms with Gasteiger partial charge < -0.3 is 24.1 Å². The minimum absolute atomic E-state index is 0.111. The lowest BCUT2D eigenvalue weighted by Crippen LogP contribution is -2.37. The normalized spacial score (nSPS) is 22.2. The van der Waals surface area contributed by atoms with Crippen LogP contribution in [0.1, 0.15) is 17.2 Å². The zero-order valence-electron chi connectivity index (χ0n) is 15.0. The zero-order valence-corrected chi connectivity index (χ0v) is 15.0. The lowest BCUT2D eigenvalue weighted by Gasteiger charge is -2.31. The fourth-order valence-corrected chi connectivity index (χ4v) is 2.93. The molecule has 1 aliphatic rings. The first-order valence-corrected chi connectivity index (χ1v) is 8.56. The van der Waals surface area contributed by atoms with Gasteiger partial charge in [0.15, 0.2) is 0 Å². The Balaban J connectivity index is 1.68. The number of ether oxygens (including phenoxy) is 4. The molecule has 1 N–H and O–H groups in total. The first-order chi connectivity index (χ1) is 12.7. The average molecular weight is 356 g/mol. The predicted octanol–water partition coefficient (Wildman–Crippen LogP) is 3.28. The summed E-state index contributed by atoms with van der Waals surface area (Å²) in [5.74, 6) is 1.42. The maximum Gasteiger partial charge on any atom is 0.122 e. The smallest absolute Gasteiger partial charge is 0.122 e. The lowest BCUT2D eigenvalue weighted by molar-refractivity contribution is -0.107. The van der Waals surface area contributed by atoms with Gasteiger partial charge in [-0.05, 0) is 23.3 Å². The average Bonchev–Trinajstić information content (AvgIpc) is 2.72. The van der Waals surface area contributed by atoms with E-state index in [4.69, 9.17) is 18.9 Å². The highest BCUT2D eigenvalue weighted by molar-refractivity contribution is 5.38. The zero-order chi connectivity index (χ0) is 18.4. The van der Waals surface area contributed by atoms with Crippen LogP contribution >= 0.6 is 0 Å². The molecule has 5 heteroatoms. The Kier molecular flexibility index (Phi) is 6.28. The molecule has 3 rings (SSSR count). The van der Waals surface area contributed by atoms with Crippen molar-refractivity contribution in [2.45, 2.75) is 24.9 Å². The molecule has 0 unspecified atom stereocenters. The van der Waals surface area contributed by atoms with E-state index in [1.54, 1.807) is 14.2 Å². The van der Waals surface area contributed by atoms with E-state index in [2.05, 4.69) is 0 Å². The summed E-state index contributed by atoms with van der Waals surface area (Å²) >= 11 is 0. The molecular weight excluding hydrogens is 332 g/mol. The molecule has 0 fully saturated rings. The molecule has 1 heterocycles. The van der Waals surface area contributed by atoms with E-state index in [0.29, 0.717) is 18.1 Å². The summed E-state index contributed by atoms with van der Waals surface area (Å²) in [6.07, 6.45) is 3.01. The van der Waals surface area contributed by atoms with Crippen LogP contribution in [-0.2, 0) is 16.1 Å². The van der Waals surface area contributed by atoms with Crippen LogP contribution < -0.4 is 9.47 Å². The van der Waals surface area contributed by atoms with Gasteiger partial charge in [0.25, 0.3) is 0 Å². The van der Waals surface area contributed by atoms with Crippen LogP contribution in [0.15, 0.2) is 60.7 Å². The van der Waals surface area contributed by atoms with Gasteiger partial charge in [0.05, 0.1) is 27.4 Å². The number of rotatable bonds is 7. The highest BCUT2D eigenvalue weighted by Gasteiger charge is 2.28. The van der Waals surface area contributed by atoms with Crippen molar-refractivity contribution in [1.82, 2.24) is 0 Å². The van der Waals surface area contributed by atoms with Crippen molar-refractivity contribution in [3.8, 4) is 11.5 Å². The van der Waals surface area contributed by atoms with Gasteiger partial charge in [-0.15, -0.1) is 0 Å². The third-order valence-electron chi connectivity index (χ3n) is 4.33. The third-order valence-corrected chi connectivity index (χ3v) is 4.33. The van der Waals surface area contributed by atoms with Gasteiger partial charge in [-0.3, -0.25) is 0 Å². The molecule has 5 nitrogen and oxygen atoms in total. The SMILES string of the molecule is COc1cc(CO[C@H]2C=C[C@@H](c3ccccc3)O[C@@H]2CO)cc(OC)c1. The topological polar surface area (TPSA) is 57.2 Å². The number of hydrogen-bond donors (Lipinski definition) is 1. The number of aliphatic hydroxyl groups excluding tert-OH is 1. The van der Waals surface area contributed by atoms with Crippen molar-refractivity contribution in [2.24, 2.45) is 0 Å². The Morgan fingerprint density at radius 3 is 2.27 bits per heavy atom. The van der Waals surface area contributed by atoms with E-state index < -0.39 is 6.10 Å². The van der Waals surface area contributed by atoms with Crippen LogP contribution in [0, 0.1) is 0 Å². The number of hydrogen-bond acceptors (Lipinski definition) is 5. The molecule has 0 bridgehead atoms. The van der Waals surface area contributed by atoms with Gasteiger partial charge >= 0.3 is 0 Å². The van der Waals surface area contributed by atoms with Crippen molar-refractivity contribution in [1.29, 1.82) is 0 Å². The van der Waals surface area contributed by atoms with E-state index >= 15 is 0 Å². The van der Waals surface area contributed by atoms with Crippen LogP contribution in [0.3, 0.4) is 0 Å². The number of methoxy groups -OCH3 is 2. The molecule has 0 aliphatic carbocycles. The molecule has 3 atom stereocenters. The van der Waals surface area contributed by atoms with Gasteiger partial charge in [-0.25, -0.2) is 0 Å². The van der Waals surface area contributed by atoms with Crippen LogP contribution in [-0.4, -0.2) is 38.1 Å². The van der Waals surface area contributed by atoms with E-state index in [1.165, 1.54) is 0 Å². The summed E-state index contributed by atoms with van der Waals surface area (Å²) in [5, 5.41) is 9.71. The highest BCUT2D eigenvalue weighted by atomic mass is 16.6. The molecule has 2 aromatic carbocycles. The largest absolute Gasteiger partial charge is 0.497 e. The Hall–Kier alpha value is -2.34. The summed E-state index contributed by atoms with van der Waals surface area (Å²) in [6.45, 7) is 0.248. The second-order valence-corrected chi connectivity index (χ2v) is 6.07. The maximum absolute atomic E-state index is 9.71. The fourth-order valence-electron chi connectivity index (χ4n) is 2.93. The van der Waals surface area contributed by atoms with Crippen LogP contribution in [0.2, 0.25) is 0 Å². The van der Waals surface area contributed by atoms with Crippen LogP contribution in [0.5, 0.6) is 11.5 Å². The second kappa shape index (κ2) is 8.85. The molecule has 0 spiro atoms. The third kappa shape index (κ3) is 4.43. The monoisotopic (exact) mass is 356 g/mol. The van der Waals surface area contributed by atoms with Gasteiger partial charge in [-0.1, -0.05) is 42.5 Å². The molecule has 0 saturated heterocycles. The first kappa shape index (κ1) is 18.5. The van der Waals surface area contributed by atoms with Gasteiger partial charge in [0, 0.05) is 6.07 Å². The van der Waals surface area contributed by atoms with E-state index in [9.17, 15) is 5.11 Å². The molecule has 0 amide bonds. The number of benzene rings is 2. The summed E-state index contributed by atoms with van der Waals surface area (Å²) < 4.78 is 22.5. The fraction of sp³-hybridized carbons (Fsp3) is 0.333. The standard InChI is InChI=1S/C21H24O5/c1-23-17-10-15(11-18(12-17)24-2)14-25-20-9-8-19(26-21(20)13-22)16-6-4-3-5-7-16/h3-12,19-22H,13-14H2,1-2H3/t19-,20-,21+/m0/s1. The van der Waals surface area contributed by atoms with Crippen LogP contribution in [0.25, 0.3) is 0 Å². The predicted molar refractivity (Wildman–Crippen MR) is 98.4 cm³/mol. The highest BCUT2D eigenvalue weighted by Crippen LogP contribution is 2.28. The molecule has 138 valence electrons. The van der Waals surface area contributed by atoms with E-state index in [0.717, 1.165) is 11.1 Å². The summed E-state index contributed by atoms with van der Waals surface area (Å²) in [6, 6.07) is 15.5. The summed E-state index contributed by atoms with van der Waals surface area (Å²) in [5.41, 5.74) is 1.98. The minimum Gasteiger partial charge on any atom is -0.497 e. The molecule has 0 aromatic heterocycles. The molecule has 0 saturated carbocycles. The van der Waals surface area contributed by atoms with Crippen molar-refractivity contribution in [3.63, 3.8) is 0 Å². The number of aliphatic hydroxyl groups is 1. The van der Waals surface area contributed by atoms with Crippen molar-refractivity contribution >= 4 is 0 Å². The first-order valence-electron chi connectivity index (χ1n) is 8.56. The molecular formula is C21H24O5. The van der Waals surface area contributed by atoms with Gasteiger partial charge in [0.2, 0.25) is 0 Å². The minimum atomic E-state index is -0.419. The Morgan fingerprint density at radius 1 is 0.962 bits per heavy atom. The van der Waals surface area contributed by atoms with Crippen molar-refractivity contribution in [2.75, 3.05) is 20.8 Å². The molecule has 1 aliphatic heterocycles. The molecule has 2 aromatic rings. The quantitative estimate of drug-likeness (QED) is 0.772. The van der Waals surface area contributed by atoms with Gasteiger partial charge in [0.1, 0.15) is 29.8 Å². The van der Waals surface area contributed by atoms with Crippen molar-refractivity contribution in [3.05, 3.63) is 71.8 Å². The van der Waals surface area contributed by atoms with Crippen molar-refractivity contribution < 1.29 is 24.1 Å². The van der Waals surface area contributed by atoms with Crippen LogP contribution in [0.4, 0.5) is 0 Å². The molecule has 26 heavy (non-hydrogen) atoms. The molecule has 0 radical (unpaired) electrons. The second-order valence-electron chi connectivity index (χ2n) is 6.07. The summed E-state index contributed by atoms with van der Waals surface area (Å²) in [7, 11) is 3.23. The summed E-state index contributed by atoms with van der Waals surface area (Å²) in [4.78, 5) is 0. The maximum atomic E-state index is 9.71. The Bertz CT molecular complexity index is 706. The Labute approximate surface area is 153 Å². The lowest BCUT2D eigenvalue weighted by atomic mass is 10.0. The van der Waals surface area contributed by atoms with Gasteiger partial charge in [-0.2, -0.15) is 0 Å².